The van der Waals surface area contributed by atoms with Gasteiger partial charge in [-0.15, -0.1) is 0 Å². The van der Waals surface area contributed by atoms with Gasteiger partial charge in [0, 0.05) is 47.2 Å². The molecular formula is C23H20ClFN6. The van der Waals surface area contributed by atoms with Gasteiger partial charge in [0.15, 0.2) is 0 Å². The lowest BCUT2D eigenvalue weighted by Crippen LogP contribution is -2.21. The van der Waals surface area contributed by atoms with Gasteiger partial charge in [0.05, 0.1) is 23.1 Å². The number of hydrogen-bond acceptors (Lipinski definition) is 5. The van der Waals surface area contributed by atoms with Crippen LogP contribution >= 0.6 is 11.6 Å². The fourth-order valence-corrected chi connectivity index (χ4v) is 3.85. The van der Waals surface area contributed by atoms with E-state index in [-0.39, 0.29) is 18.4 Å². The number of fused-ring (bicyclic) bond motifs is 1. The van der Waals surface area contributed by atoms with E-state index in [4.69, 9.17) is 16.6 Å². The van der Waals surface area contributed by atoms with Crippen LogP contribution in [0.4, 0.5) is 10.3 Å². The number of benzene rings is 1. The number of H-pyrrole nitrogens is 1. The van der Waals surface area contributed by atoms with E-state index in [1.807, 2.05) is 48.6 Å². The maximum atomic E-state index is 14.2. The van der Waals surface area contributed by atoms with Gasteiger partial charge in [-0.2, -0.15) is 5.10 Å². The quantitative estimate of drug-likeness (QED) is 0.582. The highest BCUT2D eigenvalue weighted by Gasteiger charge is 2.24. The van der Waals surface area contributed by atoms with E-state index in [9.17, 15) is 4.39 Å². The molecule has 0 bridgehead atoms. The zero-order chi connectivity index (χ0) is 21.4. The molecule has 4 heterocycles. The highest BCUT2D eigenvalue weighted by Crippen LogP contribution is 2.32. The minimum absolute atomic E-state index is 0.189. The molecule has 2 aliphatic rings. The second-order valence-electron chi connectivity index (χ2n) is 7.48. The Morgan fingerprint density at radius 3 is 3.00 bits per heavy atom. The maximum absolute atomic E-state index is 14.2. The third-order valence-corrected chi connectivity index (χ3v) is 5.50. The number of hydrazone groups is 1. The van der Waals surface area contributed by atoms with Gasteiger partial charge in [0.25, 0.3) is 0 Å². The molecule has 5 rings (SSSR count). The molecule has 2 aromatic heterocycles. The van der Waals surface area contributed by atoms with Gasteiger partial charge < -0.3 is 10.3 Å². The summed E-state index contributed by atoms with van der Waals surface area (Å²) in [7, 11) is 0. The van der Waals surface area contributed by atoms with E-state index >= 15 is 0 Å². The van der Waals surface area contributed by atoms with Gasteiger partial charge in [0.1, 0.15) is 5.82 Å². The second kappa shape index (κ2) is 8.00. The smallest absolute Gasteiger partial charge is 0.201 e. The van der Waals surface area contributed by atoms with Crippen LogP contribution in [0, 0.1) is 12.7 Å². The third-order valence-electron chi connectivity index (χ3n) is 5.26. The fraction of sp³-hybridized carbons (Fsp3) is 0.174. The van der Waals surface area contributed by atoms with Crippen LogP contribution in [-0.2, 0) is 6.54 Å². The summed E-state index contributed by atoms with van der Waals surface area (Å²) in [6.07, 6.45) is 8.89. The first kappa shape index (κ1) is 19.5. The van der Waals surface area contributed by atoms with Crippen molar-refractivity contribution >= 4 is 29.3 Å². The van der Waals surface area contributed by atoms with Crippen molar-refractivity contribution in [3.63, 3.8) is 0 Å². The third kappa shape index (κ3) is 3.96. The number of imidazole rings is 1. The van der Waals surface area contributed by atoms with Gasteiger partial charge in [0.2, 0.25) is 5.95 Å². The Balaban J connectivity index is 1.49. The Hall–Kier alpha value is -3.45. The van der Waals surface area contributed by atoms with Crippen LogP contribution in [0.25, 0.3) is 17.0 Å². The average molecular weight is 435 g/mol. The molecule has 0 radical (unpaired) electrons. The molecule has 0 saturated heterocycles. The number of halogens is 2. The summed E-state index contributed by atoms with van der Waals surface area (Å²) >= 11 is 5.85. The van der Waals surface area contributed by atoms with Crippen molar-refractivity contribution in [3.05, 3.63) is 82.5 Å². The number of anilines is 1. The largest absolute Gasteiger partial charge is 0.352 e. The Labute approximate surface area is 184 Å². The molecule has 0 fully saturated rings. The first-order valence-corrected chi connectivity index (χ1v) is 10.4. The first-order chi connectivity index (χ1) is 15.1. The fourth-order valence-electron chi connectivity index (χ4n) is 3.69. The van der Waals surface area contributed by atoms with E-state index in [0.717, 1.165) is 34.8 Å². The molecule has 1 unspecified atom stereocenters. The molecule has 8 heteroatoms. The Bertz CT molecular complexity index is 1230. The highest BCUT2D eigenvalue weighted by molar-refractivity contribution is 6.30. The predicted octanol–water partition coefficient (Wildman–Crippen LogP) is 5.16. The van der Waals surface area contributed by atoms with E-state index < -0.39 is 0 Å². The number of nitrogens with one attached hydrogen (secondary N) is 2. The molecule has 3 aromatic rings. The number of allylic oxidation sites excluding steroid dienone is 2. The molecule has 1 aromatic carbocycles. The summed E-state index contributed by atoms with van der Waals surface area (Å²) in [5, 5.41) is 9.83. The number of aromatic nitrogens is 3. The van der Waals surface area contributed by atoms with E-state index in [1.165, 1.54) is 6.07 Å². The van der Waals surface area contributed by atoms with Gasteiger partial charge >= 0.3 is 0 Å². The maximum Gasteiger partial charge on any atom is 0.201 e. The lowest BCUT2D eigenvalue weighted by Gasteiger charge is -2.21. The van der Waals surface area contributed by atoms with Crippen molar-refractivity contribution in [1.82, 2.24) is 20.0 Å². The van der Waals surface area contributed by atoms with Crippen LogP contribution in [0.15, 0.2) is 59.9 Å². The zero-order valence-electron chi connectivity index (χ0n) is 16.8. The summed E-state index contributed by atoms with van der Waals surface area (Å²) in [6.45, 7) is 2.23. The standard InChI is InChI=1S/C23H20ClFN6/c1-14-3-2-4-20(28-14)22-21(15-8-10-31-18(11-15)7-9-27-31)29-23(30-22)26-13-16-5-6-17(24)12-19(16)25/h2-6,8-12,18H,7,13H2,1H3,(H2,26,29,30). The van der Waals surface area contributed by atoms with Crippen molar-refractivity contribution in [3.8, 4) is 11.4 Å². The molecule has 0 aliphatic carbocycles. The summed E-state index contributed by atoms with van der Waals surface area (Å²) in [5.41, 5.74) is 4.82. The SMILES string of the molecule is Cc1cccc(-c2[nH]c(NCc3ccc(Cl)cc3F)nc2C2=CC3CC=NN3C=C2)n1. The number of aryl methyl sites for hydroxylation is 1. The molecule has 0 saturated carbocycles. The van der Waals surface area contributed by atoms with Gasteiger partial charge in [-0.25, -0.2) is 9.37 Å². The van der Waals surface area contributed by atoms with Crippen LogP contribution in [-0.4, -0.2) is 32.2 Å². The van der Waals surface area contributed by atoms with Crippen LogP contribution in [0.2, 0.25) is 5.02 Å². The zero-order valence-corrected chi connectivity index (χ0v) is 17.6. The van der Waals surface area contributed by atoms with Crippen molar-refractivity contribution in [2.45, 2.75) is 25.9 Å². The van der Waals surface area contributed by atoms with Crippen molar-refractivity contribution in [2.24, 2.45) is 5.10 Å². The summed E-state index contributed by atoms with van der Waals surface area (Å²) in [4.78, 5) is 12.8. The van der Waals surface area contributed by atoms with Gasteiger partial charge in [-0.3, -0.25) is 9.99 Å². The van der Waals surface area contributed by atoms with Crippen LogP contribution in [0.5, 0.6) is 0 Å². The van der Waals surface area contributed by atoms with Crippen LogP contribution in [0.1, 0.15) is 23.4 Å². The number of aromatic amines is 1. The van der Waals surface area contributed by atoms with E-state index in [1.54, 1.807) is 12.1 Å². The normalized spacial score (nSPS) is 17.1. The van der Waals surface area contributed by atoms with Gasteiger partial charge in [-0.1, -0.05) is 29.8 Å². The van der Waals surface area contributed by atoms with Crippen molar-refractivity contribution < 1.29 is 4.39 Å². The number of rotatable bonds is 5. The van der Waals surface area contributed by atoms with Crippen molar-refractivity contribution in [1.29, 1.82) is 0 Å². The molecule has 0 amide bonds. The minimum atomic E-state index is -0.355. The molecule has 156 valence electrons. The van der Waals surface area contributed by atoms with Crippen LogP contribution < -0.4 is 5.32 Å². The Morgan fingerprint density at radius 2 is 2.16 bits per heavy atom. The lowest BCUT2D eigenvalue weighted by molar-refractivity contribution is 0.369. The Kier molecular flexibility index (Phi) is 5.03. The highest BCUT2D eigenvalue weighted by atomic mass is 35.5. The molecule has 2 N–H and O–H groups in total. The average Bonchev–Trinajstić information content (AvgIpc) is 3.39. The number of pyridine rings is 1. The summed E-state index contributed by atoms with van der Waals surface area (Å²) < 4.78 is 14.2. The topological polar surface area (TPSA) is 69.2 Å². The summed E-state index contributed by atoms with van der Waals surface area (Å²) in [6, 6.07) is 10.7. The molecule has 1 atom stereocenters. The summed E-state index contributed by atoms with van der Waals surface area (Å²) in [5.74, 6) is 0.189. The van der Waals surface area contributed by atoms with E-state index in [2.05, 4.69) is 26.5 Å². The Morgan fingerprint density at radius 1 is 1.26 bits per heavy atom. The second-order valence-corrected chi connectivity index (χ2v) is 7.92. The van der Waals surface area contributed by atoms with E-state index in [0.29, 0.717) is 16.5 Å². The monoisotopic (exact) mass is 434 g/mol. The molecule has 31 heavy (non-hydrogen) atoms. The van der Waals surface area contributed by atoms with Crippen molar-refractivity contribution in [2.75, 3.05) is 5.32 Å². The first-order valence-electron chi connectivity index (χ1n) is 10.00. The molecular weight excluding hydrogens is 415 g/mol. The molecule has 2 aliphatic heterocycles. The number of hydrogen-bond donors (Lipinski definition) is 2. The van der Waals surface area contributed by atoms with Gasteiger partial charge in [-0.05, 0) is 37.3 Å². The van der Waals surface area contributed by atoms with Crippen LogP contribution in [0.3, 0.4) is 0 Å². The molecule has 6 nitrogen and oxygen atoms in total. The molecule has 0 spiro atoms. The minimum Gasteiger partial charge on any atom is -0.352 e. The predicted molar refractivity (Wildman–Crippen MR) is 121 cm³/mol. The lowest BCUT2D eigenvalue weighted by atomic mass is 10.0. The number of nitrogens with zero attached hydrogens (tertiary/aromatic N) is 4.